The summed E-state index contributed by atoms with van der Waals surface area (Å²) in [6.45, 7) is 2.21. The minimum Gasteiger partial charge on any atom is -0.345 e. The van der Waals surface area contributed by atoms with Gasteiger partial charge in [0.2, 0.25) is 0 Å². The second-order valence-electron chi connectivity index (χ2n) is 9.76. The van der Waals surface area contributed by atoms with Gasteiger partial charge in [0.05, 0.1) is 0 Å². The SMILES string of the molecule is Cc1cc(C(c2ccccc2)c2ccccc2)c(-c2ncc[nH]2)c(C(c2ccccc2)c2ccccc2)c1. The first-order chi connectivity index (χ1) is 18.8. The number of benzene rings is 5. The Morgan fingerprint density at radius 1 is 0.526 bits per heavy atom. The molecule has 0 amide bonds. The number of nitrogens with zero attached hydrogens (tertiary/aromatic N) is 1. The summed E-state index contributed by atoms with van der Waals surface area (Å²) < 4.78 is 0. The molecule has 0 aliphatic rings. The van der Waals surface area contributed by atoms with Crippen molar-refractivity contribution in [2.75, 3.05) is 0 Å². The summed E-state index contributed by atoms with van der Waals surface area (Å²) >= 11 is 0. The van der Waals surface area contributed by atoms with E-state index in [2.05, 4.69) is 145 Å². The maximum Gasteiger partial charge on any atom is 0.137 e. The summed E-state index contributed by atoms with van der Waals surface area (Å²) in [5.74, 6) is 1.01. The van der Waals surface area contributed by atoms with E-state index in [-0.39, 0.29) is 11.8 Å². The molecule has 184 valence electrons. The van der Waals surface area contributed by atoms with Crippen LogP contribution in [-0.2, 0) is 0 Å². The molecule has 6 aromatic rings. The average Bonchev–Trinajstić information content (AvgIpc) is 3.50. The predicted molar refractivity (Wildman–Crippen MR) is 156 cm³/mol. The first-order valence-corrected chi connectivity index (χ1v) is 13.1. The largest absolute Gasteiger partial charge is 0.345 e. The highest BCUT2D eigenvalue weighted by molar-refractivity contribution is 5.72. The molecule has 38 heavy (non-hydrogen) atoms. The van der Waals surface area contributed by atoms with Crippen LogP contribution in [-0.4, -0.2) is 9.97 Å². The molecule has 0 saturated carbocycles. The maximum absolute atomic E-state index is 4.82. The van der Waals surface area contributed by atoms with Crippen molar-refractivity contribution in [3.05, 3.63) is 185 Å². The zero-order valence-corrected chi connectivity index (χ0v) is 21.5. The van der Waals surface area contributed by atoms with Gasteiger partial charge in [0, 0.05) is 29.8 Å². The molecule has 0 saturated heterocycles. The topological polar surface area (TPSA) is 28.7 Å². The van der Waals surface area contributed by atoms with Gasteiger partial charge in [-0.1, -0.05) is 139 Å². The van der Waals surface area contributed by atoms with E-state index in [9.17, 15) is 0 Å². The van der Waals surface area contributed by atoms with Crippen LogP contribution in [0.25, 0.3) is 11.4 Å². The molecule has 0 fully saturated rings. The van der Waals surface area contributed by atoms with Crippen LogP contribution in [0.4, 0.5) is 0 Å². The number of rotatable bonds is 7. The van der Waals surface area contributed by atoms with Crippen LogP contribution in [0.15, 0.2) is 146 Å². The van der Waals surface area contributed by atoms with Gasteiger partial charge in [0.1, 0.15) is 5.82 Å². The van der Waals surface area contributed by atoms with E-state index in [0.29, 0.717) is 0 Å². The third kappa shape index (κ3) is 4.69. The molecule has 0 bridgehead atoms. The summed E-state index contributed by atoms with van der Waals surface area (Å²) in [5.41, 5.74) is 9.96. The van der Waals surface area contributed by atoms with E-state index in [1.54, 1.807) is 0 Å². The Morgan fingerprint density at radius 3 is 1.21 bits per heavy atom. The number of hydrogen-bond acceptors (Lipinski definition) is 1. The zero-order valence-electron chi connectivity index (χ0n) is 21.5. The van der Waals surface area contributed by atoms with E-state index >= 15 is 0 Å². The fourth-order valence-corrected chi connectivity index (χ4v) is 5.66. The molecule has 0 atom stereocenters. The van der Waals surface area contributed by atoms with Crippen molar-refractivity contribution in [3.8, 4) is 11.4 Å². The predicted octanol–water partition coefficient (Wildman–Crippen LogP) is 8.75. The van der Waals surface area contributed by atoms with Gasteiger partial charge >= 0.3 is 0 Å². The van der Waals surface area contributed by atoms with Gasteiger partial charge in [-0.2, -0.15) is 0 Å². The molecule has 6 rings (SSSR count). The highest BCUT2D eigenvalue weighted by Crippen LogP contribution is 2.44. The van der Waals surface area contributed by atoms with Crippen LogP contribution in [0.3, 0.4) is 0 Å². The van der Waals surface area contributed by atoms with Crippen molar-refractivity contribution in [1.29, 1.82) is 0 Å². The van der Waals surface area contributed by atoms with Crippen molar-refractivity contribution in [3.63, 3.8) is 0 Å². The van der Waals surface area contributed by atoms with Crippen LogP contribution in [0.1, 0.15) is 50.8 Å². The molecule has 2 nitrogen and oxygen atoms in total. The van der Waals surface area contributed by atoms with Crippen molar-refractivity contribution in [1.82, 2.24) is 9.97 Å². The summed E-state index contributed by atoms with van der Waals surface area (Å²) in [4.78, 5) is 8.28. The van der Waals surface area contributed by atoms with Gasteiger partial charge in [-0.05, 0) is 40.3 Å². The van der Waals surface area contributed by atoms with Crippen LogP contribution in [0, 0.1) is 6.92 Å². The van der Waals surface area contributed by atoms with Crippen LogP contribution < -0.4 is 0 Å². The van der Waals surface area contributed by atoms with Gasteiger partial charge in [0.25, 0.3) is 0 Å². The molecule has 0 radical (unpaired) electrons. The number of aromatic nitrogens is 2. The second-order valence-corrected chi connectivity index (χ2v) is 9.76. The lowest BCUT2D eigenvalue weighted by molar-refractivity contribution is 0.934. The van der Waals surface area contributed by atoms with Gasteiger partial charge < -0.3 is 4.98 Å². The lowest BCUT2D eigenvalue weighted by Crippen LogP contribution is -2.12. The smallest absolute Gasteiger partial charge is 0.137 e. The Kier molecular flexibility index (Phi) is 6.70. The van der Waals surface area contributed by atoms with Gasteiger partial charge in [-0.15, -0.1) is 0 Å². The van der Waals surface area contributed by atoms with E-state index in [1.165, 1.54) is 38.9 Å². The van der Waals surface area contributed by atoms with E-state index in [1.807, 2.05) is 12.4 Å². The number of aryl methyl sites for hydroxylation is 1. The zero-order chi connectivity index (χ0) is 25.7. The minimum atomic E-state index is 0.0587. The molecule has 0 aliphatic heterocycles. The summed E-state index contributed by atoms with van der Waals surface area (Å²) in [6, 6.07) is 47.9. The lowest BCUT2D eigenvalue weighted by Gasteiger charge is -2.28. The van der Waals surface area contributed by atoms with Crippen molar-refractivity contribution >= 4 is 0 Å². The van der Waals surface area contributed by atoms with Crippen molar-refractivity contribution in [2.24, 2.45) is 0 Å². The standard InChI is InChI=1S/C36H30N2/c1-26-24-31(33(27-14-6-2-7-15-27)28-16-8-3-9-17-28)35(36-37-22-23-38-36)32(25-26)34(29-18-10-4-11-19-29)30-20-12-5-13-21-30/h2-25,33-34H,1H3,(H,37,38). The fraction of sp³-hybridized carbons (Fsp3) is 0.0833. The number of imidazole rings is 1. The van der Waals surface area contributed by atoms with Gasteiger partial charge in [-0.3, -0.25) is 0 Å². The lowest BCUT2D eigenvalue weighted by atomic mass is 9.76. The molecular formula is C36H30N2. The Bertz CT molecular complexity index is 1410. The Labute approximate surface area is 224 Å². The molecular weight excluding hydrogens is 460 g/mol. The first kappa shape index (κ1) is 23.7. The first-order valence-electron chi connectivity index (χ1n) is 13.1. The Morgan fingerprint density at radius 2 is 0.895 bits per heavy atom. The number of H-pyrrole nitrogens is 1. The van der Waals surface area contributed by atoms with Crippen LogP contribution >= 0.6 is 0 Å². The number of nitrogens with one attached hydrogen (secondary N) is 1. The highest BCUT2D eigenvalue weighted by atomic mass is 14.9. The molecule has 0 aliphatic carbocycles. The van der Waals surface area contributed by atoms with E-state index in [4.69, 9.17) is 4.98 Å². The summed E-state index contributed by atoms with van der Waals surface area (Å²) in [7, 11) is 0. The summed E-state index contributed by atoms with van der Waals surface area (Å²) in [6.07, 6.45) is 3.77. The van der Waals surface area contributed by atoms with E-state index < -0.39 is 0 Å². The van der Waals surface area contributed by atoms with Gasteiger partial charge in [-0.25, -0.2) is 4.98 Å². The highest BCUT2D eigenvalue weighted by Gasteiger charge is 2.28. The number of aromatic amines is 1. The molecule has 2 heteroatoms. The van der Waals surface area contributed by atoms with Crippen LogP contribution in [0.2, 0.25) is 0 Å². The second kappa shape index (κ2) is 10.7. The molecule has 5 aromatic carbocycles. The quantitative estimate of drug-likeness (QED) is 0.223. The molecule has 0 unspecified atom stereocenters. The molecule has 1 heterocycles. The Hall–Kier alpha value is -4.69. The Balaban J connectivity index is 1.69. The average molecular weight is 491 g/mol. The monoisotopic (exact) mass is 490 g/mol. The third-order valence-electron chi connectivity index (χ3n) is 7.23. The van der Waals surface area contributed by atoms with Crippen molar-refractivity contribution < 1.29 is 0 Å². The number of hydrogen-bond donors (Lipinski definition) is 1. The molecule has 0 spiro atoms. The van der Waals surface area contributed by atoms with Crippen molar-refractivity contribution in [2.45, 2.75) is 18.8 Å². The molecule has 1 aromatic heterocycles. The molecule has 1 N–H and O–H groups in total. The summed E-state index contributed by atoms with van der Waals surface area (Å²) in [5, 5.41) is 0. The van der Waals surface area contributed by atoms with Crippen LogP contribution in [0.5, 0.6) is 0 Å². The maximum atomic E-state index is 4.82. The van der Waals surface area contributed by atoms with Gasteiger partial charge in [0.15, 0.2) is 0 Å². The minimum absolute atomic E-state index is 0.0587. The van der Waals surface area contributed by atoms with E-state index in [0.717, 1.165) is 11.4 Å². The third-order valence-corrected chi connectivity index (χ3v) is 7.23. The normalized spacial score (nSPS) is 11.2. The fourth-order valence-electron chi connectivity index (χ4n) is 5.66.